The molecule has 148 valence electrons. The third-order valence-corrected chi connectivity index (χ3v) is 7.17. The van der Waals surface area contributed by atoms with Crippen molar-refractivity contribution in [1.82, 2.24) is 25.9 Å². The summed E-state index contributed by atoms with van der Waals surface area (Å²) in [6.45, 7) is 3.85. The molecule has 3 aliphatic heterocycles. The number of nitrogens with zero attached hydrogens (tertiary/aromatic N) is 2. The van der Waals surface area contributed by atoms with E-state index in [1.165, 1.54) is 30.7 Å². The monoisotopic (exact) mass is 373 g/mol. The zero-order chi connectivity index (χ0) is 18.2. The Morgan fingerprint density at radius 1 is 1.07 bits per heavy atom. The number of aromatic nitrogens is 2. The quantitative estimate of drug-likeness (QED) is 0.751. The molecular formula is C20H31N5O2. The first-order valence-electron chi connectivity index (χ1n) is 10.8. The van der Waals surface area contributed by atoms with Gasteiger partial charge in [-0.3, -0.25) is 14.7 Å². The average molecular weight is 374 g/mol. The Morgan fingerprint density at radius 3 is 2.70 bits per heavy atom. The molecule has 0 bridgehead atoms. The fraction of sp³-hybridized carbons (Fsp3) is 0.800. The molecule has 0 spiro atoms. The topological polar surface area (TPSA) is 82.3 Å². The summed E-state index contributed by atoms with van der Waals surface area (Å²) in [6.07, 6.45) is 8.01. The smallest absolute Gasteiger partial charge is 0.242 e. The van der Waals surface area contributed by atoms with E-state index in [2.05, 4.69) is 27.1 Å². The van der Waals surface area contributed by atoms with Crippen LogP contribution in [0.1, 0.15) is 68.2 Å². The fourth-order valence-corrected chi connectivity index (χ4v) is 5.46. The molecule has 3 N–H and O–H groups in total. The summed E-state index contributed by atoms with van der Waals surface area (Å²) in [4.78, 5) is 20.6. The van der Waals surface area contributed by atoms with Gasteiger partial charge in [0.1, 0.15) is 6.04 Å². The Kier molecular flexibility index (Phi) is 4.92. The molecule has 1 aromatic rings. The molecule has 4 aliphatic rings. The van der Waals surface area contributed by atoms with E-state index in [0.29, 0.717) is 17.8 Å². The molecule has 7 heteroatoms. The molecule has 0 aromatic carbocycles. The van der Waals surface area contributed by atoms with Crippen molar-refractivity contribution in [3.8, 4) is 0 Å². The molecule has 3 saturated heterocycles. The maximum Gasteiger partial charge on any atom is 0.242 e. The van der Waals surface area contributed by atoms with E-state index in [-0.39, 0.29) is 18.1 Å². The Labute approximate surface area is 160 Å². The van der Waals surface area contributed by atoms with Crippen LogP contribution in [0.4, 0.5) is 0 Å². The van der Waals surface area contributed by atoms with Gasteiger partial charge in [0, 0.05) is 36.5 Å². The normalized spacial score (nSPS) is 32.7. The number of nitrogens with one attached hydrogen (secondary N) is 3. The van der Waals surface area contributed by atoms with Gasteiger partial charge in [0.15, 0.2) is 0 Å². The number of hydrogen-bond acceptors (Lipinski definition) is 5. The van der Waals surface area contributed by atoms with Crippen LogP contribution in [0.15, 0.2) is 6.07 Å². The van der Waals surface area contributed by atoms with Gasteiger partial charge in [-0.25, -0.2) is 0 Å². The number of H-pyrrole nitrogens is 1. The lowest BCUT2D eigenvalue weighted by Gasteiger charge is -2.33. The average Bonchev–Trinajstić information content (AvgIpc) is 3.45. The number of amides is 1. The summed E-state index contributed by atoms with van der Waals surface area (Å²) in [6, 6.07) is 2.15. The highest BCUT2D eigenvalue weighted by Crippen LogP contribution is 2.36. The van der Waals surface area contributed by atoms with Crippen LogP contribution in [0.25, 0.3) is 0 Å². The third-order valence-electron chi connectivity index (χ3n) is 7.17. The minimum absolute atomic E-state index is 0.132. The fourth-order valence-electron chi connectivity index (χ4n) is 5.46. The molecule has 4 heterocycles. The molecule has 3 atom stereocenters. The van der Waals surface area contributed by atoms with Gasteiger partial charge in [0.05, 0.1) is 11.8 Å². The summed E-state index contributed by atoms with van der Waals surface area (Å²) in [7, 11) is 0. The van der Waals surface area contributed by atoms with Crippen molar-refractivity contribution in [2.24, 2.45) is 5.92 Å². The van der Waals surface area contributed by atoms with Crippen LogP contribution in [0.2, 0.25) is 0 Å². The molecule has 1 amide bonds. The summed E-state index contributed by atoms with van der Waals surface area (Å²) in [5.74, 6) is 1.69. The molecule has 4 fully saturated rings. The first-order chi connectivity index (χ1) is 13.3. The van der Waals surface area contributed by atoms with Gasteiger partial charge in [0.25, 0.3) is 0 Å². The van der Waals surface area contributed by atoms with Gasteiger partial charge < -0.3 is 10.2 Å². The van der Waals surface area contributed by atoms with E-state index in [9.17, 15) is 4.79 Å². The van der Waals surface area contributed by atoms with Crippen molar-refractivity contribution >= 4 is 5.91 Å². The van der Waals surface area contributed by atoms with Crippen molar-refractivity contribution in [2.45, 2.75) is 68.9 Å². The van der Waals surface area contributed by atoms with Gasteiger partial charge in [-0.1, -0.05) is 6.42 Å². The van der Waals surface area contributed by atoms with Crippen molar-refractivity contribution in [1.29, 1.82) is 0 Å². The number of hydrogen-bond donors (Lipinski definition) is 3. The number of hydroxylamine groups is 1. The standard InChI is InChI=1S/C20H31N5O2/c26-20(19-15-2-1-3-18(15)27-24-19)25-10-6-14(7-11-25)17-12-16(22-23-17)13-4-8-21-9-5-13/h12-15,18-19,21,24H,1-11H2,(H,22,23). The Balaban J connectivity index is 1.17. The van der Waals surface area contributed by atoms with E-state index >= 15 is 0 Å². The number of fused-ring (bicyclic) bond motifs is 1. The number of carbonyl (C=O) groups excluding carboxylic acids is 1. The van der Waals surface area contributed by atoms with Crippen molar-refractivity contribution in [2.75, 3.05) is 26.2 Å². The van der Waals surface area contributed by atoms with Crippen molar-refractivity contribution in [3.63, 3.8) is 0 Å². The zero-order valence-electron chi connectivity index (χ0n) is 16.0. The van der Waals surface area contributed by atoms with E-state index in [0.717, 1.165) is 51.9 Å². The highest BCUT2D eigenvalue weighted by molar-refractivity contribution is 5.82. The first-order valence-corrected chi connectivity index (χ1v) is 10.8. The summed E-state index contributed by atoms with van der Waals surface area (Å²) >= 11 is 0. The van der Waals surface area contributed by atoms with Crippen LogP contribution in [0.5, 0.6) is 0 Å². The predicted molar refractivity (Wildman–Crippen MR) is 101 cm³/mol. The maximum atomic E-state index is 13.0. The molecule has 0 radical (unpaired) electrons. The molecule has 1 aromatic heterocycles. The Morgan fingerprint density at radius 2 is 1.89 bits per heavy atom. The zero-order valence-corrected chi connectivity index (χ0v) is 16.0. The molecule has 1 aliphatic carbocycles. The molecule has 7 nitrogen and oxygen atoms in total. The van der Waals surface area contributed by atoms with Gasteiger partial charge in [0.2, 0.25) is 5.91 Å². The Hall–Kier alpha value is -1.44. The first kappa shape index (κ1) is 17.6. The van der Waals surface area contributed by atoms with Crippen molar-refractivity contribution in [3.05, 3.63) is 17.5 Å². The number of carbonyl (C=O) groups is 1. The van der Waals surface area contributed by atoms with Crippen LogP contribution in [0.3, 0.4) is 0 Å². The number of aromatic amines is 1. The third kappa shape index (κ3) is 3.41. The molecular weight excluding hydrogens is 342 g/mol. The van der Waals surface area contributed by atoms with Crippen LogP contribution in [-0.4, -0.2) is 59.3 Å². The molecule has 3 unspecified atom stereocenters. The highest BCUT2D eigenvalue weighted by Gasteiger charge is 2.45. The largest absolute Gasteiger partial charge is 0.341 e. The summed E-state index contributed by atoms with van der Waals surface area (Å²) < 4.78 is 0. The predicted octanol–water partition coefficient (Wildman–Crippen LogP) is 1.65. The summed E-state index contributed by atoms with van der Waals surface area (Å²) in [5.41, 5.74) is 5.51. The lowest BCUT2D eigenvalue weighted by molar-refractivity contribution is -0.136. The number of piperidine rings is 2. The molecule has 27 heavy (non-hydrogen) atoms. The second kappa shape index (κ2) is 7.53. The highest BCUT2D eigenvalue weighted by atomic mass is 16.7. The lowest BCUT2D eigenvalue weighted by Crippen LogP contribution is -2.48. The van der Waals surface area contributed by atoms with Gasteiger partial charge in [-0.15, -0.1) is 0 Å². The van der Waals surface area contributed by atoms with Crippen LogP contribution >= 0.6 is 0 Å². The SMILES string of the molecule is O=C(C1NOC2CCCC21)N1CCC(c2cc(C3CCNCC3)n[nH]2)CC1. The van der Waals surface area contributed by atoms with Gasteiger partial charge in [-0.2, -0.15) is 10.6 Å². The maximum absolute atomic E-state index is 13.0. The Bertz CT molecular complexity index is 663. The molecule has 1 saturated carbocycles. The second-order valence-electron chi connectivity index (χ2n) is 8.72. The van der Waals surface area contributed by atoms with Crippen LogP contribution < -0.4 is 10.8 Å². The second-order valence-corrected chi connectivity index (χ2v) is 8.72. The summed E-state index contributed by atoms with van der Waals surface area (Å²) in [5, 5.41) is 11.3. The minimum atomic E-state index is -0.132. The van der Waals surface area contributed by atoms with Crippen LogP contribution in [0, 0.1) is 5.92 Å². The number of likely N-dealkylation sites (tertiary alicyclic amines) is 1. The van der Waals surface area contributed by atoms with E-state index in [1.807, 2.05) is 4.90 Å². The lowest BCUT2D eigenvalue weighted by atomic mass is 9.90. The van der Waals surface area contributed by atoms with E-state index in [1.54, 1.807) is 0 Å². The molecule has 5 rings (SSSR count). The van der Waals surface area contributed by atoms with Crippen LogP contribution in [-0.2, 0) is 9.63 Å². The van der Waals surface area contributed by atoms with E-state index in [4.69, 9.17) is 4.84 Å². The number of rotatable bonds is 3. The van der Waals surface area contributed by atoms with Gasteiger partial charge in [-0.05, 0) is 57.7 Å². The van der Waals surface area contributed by atoms with Crippen molar-refractivity contribution < 1.29 is 9.63 Å². The minimum Gasteiger partial charge on any atom is -0.341 e. The van der Waals surface area contributed by atoms with E-state index < -0.39 is 0 Å². The van der Waals surface area contributed by atoms with Gasteiger partial charge >= 0.3 is 0 Å².